The smallest absolute Gasteiger partial charge is 0.311 e. The first kappa shape index (κ1) is 11.4. The molecule has 4 nitrogen and oxygen atoms in total. The van der Waals surface area contributed by atoms with Crippen molar-refractivity contribution in [1.82, 2.24) is 0 Å². The number of nitrogens with zero attached hydrogens (tertiary/aromatic N) is 1. The van der Waals surface area contributed by atoms with Crippen LogP contribution in [0.15, 0.2) is 16.6 Å². The van der Waals surface area contributed by atoms with Crippen molar-refractivity contribution in [2.24, 2.45) is 5.92 Å². The fourth-order valence-corrected chi connectivity index (χ4v) is 1.82. The van der Waals surface area contributed by atoms with Crippen LogP contribution in [0.4, 0.5) is 5.69 Å². The molecule has 0 N–H and O–H groups in total. The van der Waals surface area contributed by atoms with Crippen LogP contribution in [0.1, 0.15) is 18.9 Å². The monoisotopic (exact) mass is 285 g/mol. The molecule has 2 unspecified atom stereocenters. The number of nitro groups is 1. The highest BCUT2D eigenvalue weighted by Gasteiger charge is 2.36. The molecule has 0 aliphatic heterocycles. The summed E-state index contributed by atoms with van der Waals surface area (Å²) >= 11 is 3.35. The predicted molar refractivity (Wildman–Crippen MR) is 63.7 cm³/mol. The van der Waals surface area contributed by atoms with Crippen molar-refractivity contribution in [3.63, 3.8) is 0 Å². The summed E-state index contributed by atoms with van der Waals surface area (Å²) in [6.45, 7) is 3.89. The van der Waals surface area contributed by atoms with Crippen molar-refractivity contribution in [2.45, 2.75) is 26.4 Å². The molecule has 1 aromatic carbocycles. The molecule has 1 fully saturated rings. The Hall–Kier alpha value is -1.10. The number of ether oxygens (including phenoxy) is 1. The Morgan fingerprint density at radius 3 is 2.69 bits per heavy atom. The highest BCUT2D eigenvalue weighted by molar-refractivity contribution is 9.10. The minimum atomic E-state index is -0.401. The van der Waals surface area contributed by atoms with E-state index in [4.69, 9.17) is 4.74 Å². The van der Waals surface area contributed by atoms with Crippen LogP contribution in [0.2, 0.25) is 0 Å². The van der Waals surface area contributed by atoms with Gasteiger partial charge in [-0.1, -0.05) is 22.9 Å². The zero-order chi connectivity index (χ0) is 11.9. The van der Waals surface area contributed by atoms with Gasteiger partial charge < -0.3 is 4.74 Å². The summed E-state index contributed by atoms with van der Waals surface area (Å²) in [5, 5.41) is 10.9. The second-order valence-electron chi connectivity index (χ2n) is 4.20. The van der Waals surface area contributed by atoms with Gasteiger partial charge in [0, 0.05) is 16.6 Å². The maximum Gasteiger partial charge on any atom is 0.311 e. The fraction of sp³-hybridized carbons (Fsp3) is 0.455. The summed E-state index contributed by atoms with van der Waals surface area (Å²) in [6.07, 6.45) is 1.11. The van der Waals surface area contributed by atoms with Gasteiger partial charge in [0.2, 0.25) is 0 Å². The van der Waals surface area contributed by atoms with E-state index < -0.39 is 4.92 Å². The van der Waals surface area contributed by atoms with E-state index in [2.05, 4.69) is 22.9 Å². The molecule has 2 rings (SSSR count). The Labute approximate surface area is 102 Å². The highest BCUT2D eigenvalue weighted by Crippen LogP contribution is 2.39. The van der Waals surface area contributed by atoms with Gasteiger partial charge in [-0.15, -0.1) is 0 Å². The Morgan fingerprint density at radius 1 is 1.56 bits per heavy atom. The lowest BCUT2D eigenvalue weighted by Crippen LogP contribution is -2.02. The van der Waals surface area contributed by atoms with Crippen LogP contribution < -0.4 is 4.74 Å². The first-order chi connectivity index (χ1) is 7.49. The lowest BCUT2D eigenvalue weighted by atomic mass is 10.2. The van der Waals surface area contributed by atoms with E-state index in [0.29, 0.717) is 11.7 Å². The number of benzene rings is 1. The summed E-state index contributed by atoms with van der Waals surface area (Å²) in [5.41, 5.74) is 0.877. The van der Waals surface area contributed by atoms with Crippen molar-refractivity contribution in [1.29, 1.82) is 0 Å². The molecule has 2 atom stereocenters. The first-order valence-electron chi connectivity index (χ1n) is 5.10. The number of aryl methyl sites for hydroxylation is 1. The molecule has 0 saturated heterocycles. The summed E-state index contributed by atoms with van der Waals surface area (Å²) in [5.74, 6) is 0.858. The number of halogens is 1. The molecule has 0 aromatic heterocycles. The summed E-state index contributed by atoms with van der Waals surface area (Å²) in [6, 6.07) is 3.21. The van der Waals surface area contributed by atoms with Crippen molar-refractivity contribution in [3.05, 3.63) is 32.3 Å². The van der Waals surface area contributed by atoms with Gasteiger partial charge in [-0.25, -0.2) is 0 Å². The van der Waals surface area contributed by atoms with Gasteiger partial charge in [-0.3, -0.25) is 10.1 Å². The van der Waals surface area contributed by atoms with Gasteiger partial charge in [0.15, 0.2) is 5.75 Å². The normalized spacial score (nSPS) is 22.9. The number of rotatable bonds is 3. The molecule has 86 valence electrons. The van der Waals surface area contributed by atoms with E-state index in [0.717, 1.165) is 16.5 Å². The van der Waals surface area contributed by atoms with Crippen LogP contribution in [0.25, 0.3) is 0 Å². The molecule has 0 amide bonds. The van der Waals surface area contributed by atoms with Gasteiger partial charge >= 0.3 is 5.69 Å². The van der Waals surface area contributed by atoms with Gasteiger partial charge in [0.1, 0.15) is 6.10 Å². The molecule has 0 heterocycles. The van der Waals surface area contributed by atoms with E-state index in [-0.39, 0.29) is 11.8 Å². The standard InChI is InChI=1S/C11H12BrNO3/c1-6-3-9(13(14)15)11(5-8(6)12)16-10-4-7(10)2/h3,5,7,10H,4H2,1-2H3. The van der Waals surface area contributed by atoms with E-state index in [9.17, 15) is 10.1 Å². The summed E-state index contributed by atoms with van der Waals surface area (Å²) in [4.78, 5) is 10.5. The predicted octanol–water partition coefficient (Wildman–Crippen LogP) is 3.45. The van der Waals surface area contributed by atoms with E-state index >= 15 is 0 Å². The third-order valence-corrected chi connectivity index (χ3v) is 3.61. The molecule has 1 aliphatic rings. The van der Waals surface area contributed by atoms with Crippen molar-refractivity contribution >= 4 is 21.6 Å². The minimum Gasteiger partial charge on any atom is -0.483 e. The van der Waals surface area contributed by atoms with Crippen LogP contribution in [0.5, 0.6) is 5.75 Å². The number of hydrogen-bond donors (Lipinski definition) is 0. The number of hydrogen-bond acceptors (Lipinski definition) is 3. The molecule has 1 aromatic rings. The quantitative estimate of drug-likeness (QED) is 0.631. The van der Waals surface area contributed by atoms with Crippen LogP contribution in [0, 0.1) is 23.0 Å². The van der Waals surface area contributed by atoms with Crippen LogP contribution in [-0.2, 0) is 0 Å². The van der Waals surface area contributed by atoms with Gasteiger partial charge in [0.05, 0.1) is 4.92 Å². The maximum absolute atomic E-state index is 10.9. The Bertz CT molecular complexity index is 447. The van der Waals surface area contributed by atoms with Gasteiger partial charge in [-0.05, 0) is 24.8 Å². The molecule has 0 spiro atoms. The third-order valence-electron chi connectivity index (χ3n) is 2.75. The van der Waals surface area contributed by atoms with Gasteiger partial charge in [-0.2, -0.15) is 0 Å². The molecular formula is C11H12BrNO3. The lowest BCUT2D eigenvalue weighted by molar-refractivity contribution is -0.386. The zero-order valence-corrected chi connectivity index (χ0v) is 10.7. The molecule has 0 bridgehead atoms. The minimum absolute atomic E-state index is 0.0415. The molecule has 1 aliphatic carbocycles. The highest BCUT2D eigenvalue weighted by atomic mass is 79.9. The summed E-state index contributed by atoms with van der Waals surface area (Å²) < 4.78 is 6.43. The van der Waals surface area contributed by atoms with Crippen molar-refractivity contribution in [3.8, 4) is 5.75 Å². The SMILES string of the molecule is Cc1cc([N+](=O)[O-])c(OC2CC2C)cc1Br. The lowest BCUT2D eigenvalue weighted by Gasteiger charge is -2.07. The largest absolute Gasteiger partial charge is 0.483 e. The fourth-order valence-electron chi connectivity index (χ4n) is 1.50. The Morgan fingerprint density at radius 2 is 2.19 bits per heavy atom. The van der Waals surface area contributed by atoms with Crippen molar-refractivity contribution < 1.29 is 9.66 Å². The van der Waals surface area contributed by atoms with Gasteiger partial charge in [0.25, 0.3) is 0 Å². The zero-order valence-electron chi connectivity index (χ0n) is 9.07. The van der Waals surface area contributed by atoms with Crippen LogP contribution >= 0.6 is 15.9 Å². The molecule has 16 heavy (non-hydrogen) atoms. The first-order valence-corrected chi connectivity index (χ1v) is 5.89. The molecule has 1 saturated carbocycles. The third kappa shape index (κ3) is 2.19. The summed E-state index contributed by atoms with van der Waals surface area (Å²) in [7, 11) is 0. The second-order valence-corrected chi connectivity index (χ2v) is 5.05. The molecular weight excluding hydrogens is 274 g/mol. The molecule has 0 radical (unpaired) electrons. The topological polar surface area (TPSA) is 52.4 Å². The average Bonchev–Trinajstić information content (AvgIpc) is 2.87. The molecule has 5 heteroatoms. The maximum atomic E-state index is 10.9. The van der Waals surface area contributed by atoms with E-state index in [1.807, 2.05) is 6.92 Å². The van der Waals surface area contributed by atoms with E-state index in [1.54, 1.807) is 6.07 Å². The Kier molecular flexibility index (Phi) is 2.88. The number of nitro benzene ring substituents is 1. The second kappa shape index (κ2) is 4.05. The van der Waals surface area contributed by atoms with Crippen molar-refractivity contribution in [2.75, 3.05) is 0 Å². The van der Waals surface area contributed by atoms with Crippen LogP contribution in [0.3, 0.4) is 0 Å². The van der Waals surface area contributed by atoms with Crippen LogP contribution in [-0.4, -0.2) is 11.0 Å². The average molecular weight is 286 g/mol. The Balaban J connectivity index is 2.33. The van der Waals surface area contributed by atoms with E-state index in [1.165, 1.54) is 6.07 Å².